The minimum atomic E-state index is 0.369. The van der Waals surface area contributed by atoms with Crippen molar-refractivity contribution in [3.8, 4) is 0 Å². The first-order valence-electron chi connectivity index (χ1n) is 12.8. The molecule has 0 N–H and O–H groups in total. The van der Waals surface area contributed by atoms with Crippen molar-refractivity contribution in [2.45, 2.75) is 105 Å². The fourth-order valence-electron chi connectivity index (χ4n) is 6.19. The van der Waals surface area contributed by atoms with Crippen molar-refractivity contribution in [2.24, 2.45) is 22.7 Å². The highest BCUT2D eigenvalue weighted by atomic mass is 14.5. The van der Waals surface area contributed by atoms with Crippen LogP contribution in [0.15, 0.2) is 59.3 Å². The summed E-state index contributed by atoms with van der Waals surface area (Å²) < 4.78 is 0. The van der Waals surface area contributed by atoms with Gasteiger partial charge in [0.1, 0.15) is 0 Å². The molecule has 0 heteroatoms. The molecule has 2 unspecified atom stereocenters. The summed E-state index contributed by atoms with van der Waals surface area (Å²) in [5.41, 5.74) is 7.08. The minimum absolute atomic E-state index is 0.369. The van der Waals surface area contributed by atoms with Gasteiger partial charge in [-0.1, -0.05) is 88.3 Å². The molecule has 0 saturated heterocycles. The standard InChI is InChI=1S/C30H46/c1-7-29(5,8-2)21-11-14-24(4)27-19-20-28-26(16-12-22-30(27,28)6)18-17-25-15-10-9-13-23(25)3/h11,17-19,21,24,28H,3,7-10,12-16,20,22H2,1-2,4-6H3/b21-11+,25-17-,26-18+/t24?,28?,30-/m1/s1. The summed E-state index contributed by atoms with van der Waals surface area (Å²) in [5, 5.41) is 0. The number of allylic oxidation sites excluding steroid dienone is 9. The second-order valence-corrected chi connectivity index (χ2v) is 10.9. The average molecular weight is 407 g/mol. The molecular formula is C30H46. The summed E-state index contributed by atoms with van der Waals surface area (Å²) in [7, 11) is 0. The molecule has 0 nitrogen and oxygen atoms in total. The quantitative estimate of drug-likeness (QED) is 0.369. The lowest BCUT2D eigenvalue weighted by atomic mass is 9.62. The highest BCUT2D eigenvalue weighted by Crippen LogP contribution is 2.57. The Hall–Kier alpha value is -1.30. The Balaban J connectivity index is 1.70. The molecule has 0 aromatic carbocycles. The highest BCUT2D eigenvalue weighted by molar-refractivity contribution is 5.38. The SMILES string of the molecule is C=C1CCCC/C1=C/C=C1\CCC[C@]2(C)C(C(C)C/C=C/C(C)(CC)CC)=CCC12. The zero-order valence-electron chi connectivity index (χ0n) is 20.5. The Morgan fingerprint density at radius 1 is 1.13 bits per heavy atom. The molecule has 0 aromatic rings. The van der Waals surface area contributed by atoms with E-state index >= 15 is 0 Å². The molecule has 0 aromatic heterocycles. The Morgan fingerprint density at radius 2 is 1.87 bits per heavy atom. The third-order valence-electron chi connectivity index (χ3n) is 8.89. The van der Waals surface area contributed by atoms with Gasteiger partial charge in [-0.2, -0.15) is 0 Å². The van der Waals surface area contributed by atoms with Crippen molar-refractivity contribution in [1.82, 2.24) is 0 Å². The van der Waals surface area contributed by atoms with E-state index in [-0.39, 0.29) is 0 Å². The summed E-state index contributed by atoms with van der Waals surface area (Å²) in [5.74, 6) is 1.38. The van der Waals surface area contributed by atoms with Gasteiger partial charge in [0.2, 0.25) is 0 Å². The number of rotatable bonds is 7. The van der Waals surface area contributed by atoms with E-state index in [1.165, 1.54) is 81.8 Å². The molecule has 0 radical (unpaired) electrons. The molecule has 3 rings (SSSR count). The van der Waals surface area contributed by atoms with Gasteiger partial charge in [-0.05, 0) is 98.9 Å². The third-order valence-corrected chi connectivity index (χ3v) is 8.89. The lowest BCUT2D eigenvalue weighted by molar-refractivity contribution is 0.218. The van der Waals surface area contributed by atoms with Crippen LogP contribution in [-0.2, 0) is 0 Å². The van der Waals surface area contributed by atoms with Crippen LogP contribution in [0.5, 0.6) is 0 Å². The molecule has 3 atom stereocenters. The van der Waals surface area contributed by atoms with Gasteiger partial charge in [0.25, 0.3) is 0 Å². The maximum atomic E-state index is 4.32. The van der Waals surface area contributed by atoms with Crippen LogP contribution >= 0.6 is 0 Å². The molecule has 166 valence electrons. The van der Waals surface area contributed by atoms with Gasteiger partial charge in [0, 0.05) is 0 Å². The summed E-state index contributed by atoms with van der Waals surface area (Å²) >= 11 is 0. The maximum absolute atomic E-state index is 4.32. The molecule has 2 fully saturated rings. The molecule has 30 heavy (non-hydrogen) atoms. The van der Waals surface area contributed by atoms with E-state index in [0.29, 0.717) is 16.7 Å². The van der Waals surface area contributed by atoms with Gasteiger partial charge in [-0.25, -0.2) is 0 Å². The summed E-state index contributed by atoms with van der Waals surface area (Å²) in [6, 6.07) is 0. The summed E-state index contributed by atoms with van der Waals surface area (Å²) in [6.07, 6.45) is 26.5. The van der Waals surface area contributed by atoms with E-state index in [0.717, 1.165) is 5.92 Å². The van der Waals surface area contributed by atoms with Crippen molar-refractivity contribution in [2.75, 3.05) is 0 Å². The Bertz CT molecular complexity index is 736. The lowest BCUT2D eigenvalue weighted by Crippen LogP contribution is -2.32. The molecular weight excluding hydrogens is 360 g/mol. The van der Waals surface area contributed by atoms with E-state index < -0.39 is 0 Å². The Labute approximate surface area is 187 Å². The smallest absolute Gasteiger partial charge is 0.00450 e. The predicted octanol–water partition coefficient (Wildman–Crippen LogP) is 9.51. The fourth-order valence-corrected chi connectivity index (χ4v) is 6.19. The Kier molecular flexibility index (Phi) is 7.70. The van der Waals surface area contributed by atoms with Crippen LogP contribution in [-0.4, -0.2) is 0 Å². The average Bonchev–Trinajstić information content (AvgIpc) is 3.10. The van der Waals surface area contributed by atoms with Crippen molar-refractivity contribution < 1.29 is 0 Å². The van der Waals surface area contributed by atoms with Crippen LogP contribution in [0.1, 0.15) is 105 Å². The fraction of sp³-hybridized carbons (Fsp3) is 0.667. The maximum Gasteiger partial charge on any atom is -0.00450 e. The lowest BCUT2D eigenvalue weighted by Gasteiger charge is -2.42. The minimum Gasteiger partial charge on any atom is -0.0956 e. The molecule has 0 spiro atoms. The normalized spacial score (nSPS) is 31.4. The summed E-state index contributed by atoms with van der Waals surface area (Å²) in [4.78, 5) is 0. The zero-order chi connectivity index (χ0) is 21.8. The molecule has 3 aliphatic rings. The largest absolute Gasteiger partial charge is 0.0956 e. The zero-order valence-corrected chi connectivity index (χ0v) is 20.5. The van der Waals surface area contributed by atoms with Crippen molar-refractivity contribution in [3.63, 3.8) is 0 Å². The van der Waals surface area contributed by atoms with Gasteiger partial charge in [0.05, 0.1) is 0 Å². The van der Waals surface area contributed by atoms with Crippen LogP contribution < -0.4 is 0 Å². The van der Waals surface area contributed by atoms with E-state index in [9.17, 15) is 0 Å². The Morgan fingerprint density at radius 3 is 2.57 bits per heavy atom. The van der Waals surface area contributed by atoms with Crippen molar-refractivity contribution in [3.05, 3.63) is 59.3 Å². The molecule has 0 amide bonds. The molecule has 0 heterocycles. The van der Waals surface area contributed by atoms with Gasteiger partial charge >= 0.3 is 0 Å². The van der Waals surface area contributed by atoms with Crippen LogP contribution in [0.3, 0.4) is 0 Å². The summed E-state index contributed by atoms with van der Waals surface area (Å²) in [6.45, 7) is 16.4. The van der Waals surface area contributed by atoms with E-state index in [4.69, 9.17) is 0 Å². The van der Waals surface area contributed by atoms with Crippen LogP contribution in [0.25, 0.3) is 0 Å². The van der Waals surface area contributed by atoms with Gasteiger partial charge in [-0.15, -0.1) is 0 Å². The highest BCUT2D eigenvalue weighted by Gasteiger charge is 2.45. The van der Waals surface area contributed by atoms with Crippen LogP contribution in [0.4, 0.5) is 0 Å². The first-order valence-corrected chi connectivity index (χ1v) is 12.8. The van der Waals surface area contributed by atoms with E-state index in [2.05, 4.69) is 71.6 Å². The third kappa shape index (κ3) is 4.95. The number of hydrogen-bond donors (Lipinski definition) is 0. The van der Waals surface area contributed by atoms with Gasteiger partial charge < -0.3 is 0 Å². The first kappa shape index (κ1) is 23.4. The van der Waals surface area contributed by atoms with Gasteiger partial charge in [-0.3, -0.25) is 0 Å². The monoisotopic (exact) mass is 406 g/mol. The molecule has 0 bridgehead atoms. The van der Waals surface area contributed by atoms with Crippen LogP contribution in [0, 0.1) is 22.7 Å². The molecule has 3 aliphatic carbocycles. The van der Waals surface area contributed by atoms with Crippen LogP contribution in [0.2, 0.25) is 0 Å². The topological polar surface area (TPSA) is 0 Å². The van der Waals surface area contributed by atoms with Crippen molar-refractivity contribution in [1.29, 1.82) is 0 Å². The van der Waals surface area contributed by atoms with Crippen molar-refractivity contribution >= 4 is 0 Å². The van der Waals surface area contributed by atoms with E-state index in [1.54, 1.807) is 11.1 Å². The predicted molar refractivity (Wildman–Crippen MR) is 134 cm³/mol. The van der Waals surface area contributed by atoms with E-state index in [1.807, 2.05) is 0 Å². The second-order valence-electron chi connectivity index (χ2n) is 10.9. The number of hydrogen-bond acceptors (Lipinski definition) is 0. The first-order chi connectivity index (χ1) is 14.3. The molecule has 2 saturated carbocycles. The van der Waals surface area contributed by atoms with Gasteiger partial charge in [0.15, 0.2) is 0 Å². The second kappa shape index (κ2) is 9.88. The molecule has 0 aliphatic heterocycles. The number of fused-ring (bicyclic) bond motifs is 1.